The normalized spacial score (nSPS) is 15.4. The lowest BCUT2D eigenvalue weighted by Crippen LogP contribution is -2.12. The first-order valence-electron chi connectivity index (χ1n) is 5.25. The zero-order valence-electron chi connectivity index (χ0n) is 9.20. The summed E-state index contributed by atoms with van der Waals surface area (Å²) in [7, 11) is 2.06. The molecule has 2 nitrogen and oxygen atoms in total. The number of alkyl halides is 1. The quantitative estimate of drug-likeness (QED) is 0.743. The summed E-state index contributed by atoms with van der Waals surface area (Å²) < 4.78 is 2.10. The topological polar surface area (TPSA) is 17.8 Å². The van der Waals surface area contributed by atoms with E-state index in [2.05, 4.69) is 46.4 Å². The Labute approximate surface area is 94.9 Å². The molecule has 14 heavy (non-hydrogen) atoms. The molecule has 1 heterocycles. The number of hydrogen-bond donors (Lipinski definition) is 0. The van der Waals surface area contributed by atoms with Crippen LogP contribution in [0.5, 0.6) is 0 Å². The third-order valence-corrected chi connectivity index (χ3v) is 3.58. The Morgan fingerprint density at radius 2 is 2.29 bits per heavy atom. The standard InChI is InChI=1S/C11H19BrN2/c1-4-10(9(2)12)5-6-11-13-7-8-14(11)3/h7-10H,4-6H2,1-3H3. The van der Waals surface area contributed by atoms with Crippen molar-refractivity contribution in [2.24, 2.45) is 13.0 Å². The molecule has 0 amide bonds. The molecule has 0 saturated heterocycles. The van der Waals surface area contributed by atoms with E-state index in [0.717, 1.165) is 12.3 Å². The van der Waals surface area contributed by atoms with Gasteiger partial charge in [0.2, 0.25) is 0 Å². The summed E-state index contributed by atoms with van der Waals surface area (Å²) in [5, 5.41) is 0. The summed E-state index contributed by atoms with van der Waals surface area (Å²) in [5.74, 6) is 1.95. The first-order valence-corrected chi connectivity index (χ1v) is 6.17. The summed E-state index contributed by atoms with van der Waals surface area (Å²) >= 11 is 3.66. The van der Waals surface area contributed by atoms with Crippen LogP contribution in [-0.2, 0) is 13.5 Å². The minimum absolute atomic E-state index is 0.604. The summed E-state index contributed by atoms with van der Waals surface area (Å²) in [6, 6.07) is 0. The van der Waals surface area contributed by atoms with Crippen LogP contribution in [0.15, 0.2) is 12.4 Å². The van der Waals surface area contributed by atoms with Gasteiger partial charge in [-0.15, -0.1) is 0 Å². The fourth-order valence-corrected chi connectivity index (χ4v) is 2.35. The average Bonchev–Trinajstić information content (AvgIpc) is 2.52. The van der Waals surface area contributed by atoms with Gasteiger partial charge in [-0.3, -0.25) is 0 Å². The smallest absolute Gasteiger partial charge is 0.108 e. The van der Waals surface area contributed by atoms with Crippen molar-refractivity contribution in [3.63, 3.8) is 0 Å². The van der Waals surface area contributed by atoms with Gasteiger partial charge in [0.15, 0.2) is 0 Å². The minimum Gasteiger partial charge on any atom is -0.338 e. The summed E-state index contributed by atoms with van der Waals surface area (Å²) in [4.78, 5) is 4.93. The molecule has 0 radical (unpaired) electrons. The summed E-state index contributed by atoms with van der Waals surface area (Å²) in [5.41, 5.74) is 0. The maximum atomic E-state index is 4.33. The molecule has 0 aliphatic rings. The molecule has 80 valence electrons. The molecule has 0 N–H and O–H groups in total. The Kier molecular flexibility index (Phi) is 4.66. The molecule has 1 aromatic rings. The van der Waals surface area contributed by atoms with E-state index < -0.39 is 0 Å². The fraction of sp³-hybridized carbons (Fsp3) is 0.727. The lowest BCUT2D eigenvalue weighted by Gasteiger charge is -2.16. The molecule has 0 aliphatic carbocycles. The lowest BCUT2D eigenvalue weighted by molar-refractivity contribution is 0.464. The third kappa shape index (κ3) is 3.12. The number of rotatable bonds is 5. The van der Waals surface area contributed by atoms with Crippen LogP contribution >= 0.6 is 15.9 Å². The lowest BCUT2D eigenvalue weighted by atomic mass is 9.97. The van der Waals surface area contributed by atoms with Crippen LogP contribution in [0.25, 0.3) is 0 Å². The van der Waals surface area contributed by atoms with E-state index in [1.54, 1.807) is 0 Å². The van der Waals surface area contributed by atoms with E-state index in [-0.39, 0.29) is 0 Å². The monoisotopic (exact) mass is 258 g/mol. The molecule has 0 aromatic carbocycles. The highest BCUT2D eigenvalue weighted by molar-refractivity contribution is 9.09. The molecule has 1 aromatic heterocycles. The van der Waals surface area contributed by atoms with Gasteiger partial charge in [-0.1, -0.05) is 36.2 Å². The van der Waals surface area contributed by atoms with Gasteiger partial charge < -0.3 is 4.57 Å². The first-order chi connectivity index (χ1) is 6.65. The van der Waals surface area contributed by atoms with E-state index in [0.29, 0.717) is 4.83 Å². The average molecular weight is 259 g/mol. The first kappa shape index (κ1) is 11.8. The minimum atomic E-state index is 0.604. The molecule has 0 bridgehead atoms. The Morgan fingerprint density at radius 1 is 1.57 bits per heavy atom. The van der Waals surface area contributed by atoms with Crippen molar-refractivity contribution in [3.05, 3.63) is 18.2 Å². The fourth-order valence-electron chi connectivity index (χ4n) is 1.71. The van der Waals surface area contributed by atoms with Gasteiger partial charge in [-0.2, -0.15) is 0 Å². The number of imidazole rings is 1. The van der Waals surface area contributed by atoms with E-state index in [4.69, 9.17) is 0 Å². The molecule has 2 unspecified atom stereocenters. The van der Waals surface area contributed by atoms with E-state index >= 15 is 0 Å². The largest absolute Gasteiger partial charge is 0.338 e. The van der Waals surface area contributed by atoms with Gasteiger partial charge in [0.1, 0.15) is 5.82 Å². The Morgan fingerprint density at radius 3 is 2.71 bits per heavy atom. The highest BCUT2D eigenvalue weighted by atomic mass is 79.9. The Bertz CT molecular complexity index is 268. The van der Waals surface area contributed by atoms with Crippen LogP contribution in [0.1, 0.15) is 32.5 Å². The maximum Gasteiger partial charge on any atom is 0.108 e. The predicted molar refractivity (Wildman–Crippen MR) is 63.7 cm³/mol. The number of aryl methyl sites for hydroxylation is 2. The summed E-state index contributed by atoms with van der Waals surface area (Å²) in [6.45, 7) is 4.48. The van der Waals surface area contributed by atoms with E-state index in [1.807, 2.05) is 12.4 Å². The predicted octanol–water partition coefficient (Wildman–Crippen LogP) is 3.16. The van der Waals surface area contributed by atoms with Crippen molar-refractivity contribution in [1.82, 2.24) is 9.55 Å². The zero-order valence-corrected chi connectivity index (χ0v) is 10.8. The molecule has 0 aliphatic heterocycles. The molecule has 2 atom stereocenters. The van der Waals surface area contributed by atoms with E-state index in [9.17, 15) is 0 Å². The SMILES string of the molecule is CCC(CCc1nccn1C)C(C)Br. The van der Waals surface area contributed by atoms with Gasteiger partial charge in [-0.25, -0.2) is 4.98 Å². The second-order valence-electron chi connectivity index (χ2n) is 3.84. The van der Waals surface area contributed by atoms with Gasteiger partial charge in [-0.05, 0) is 12.3 Å². The second kappa shape index (κ2) is 5.54. The van der Waals surface area contributed by atoms with Crippen molar-refractivity contribution in [2.45, 2.75) is 37.9 Å². The Hall–Kier alpha value is -0.310. The third-order valence-electron chi connectivity index (χ3n) is 2.83. The molecule has 1 rings (SSSR count). The van der Waals surface area contributed by atoms with Gasteiger partial charge in [0, 0.05) is 30.7 Å². The molecular weight excluding hydrogens is 240 g/mol. The second-order valence-corrected chi connectivity index (χ2v) is 5.28. The molecule has 0 saturated carbocycles. The molecular formula is C11H19BrN2. The maximum absolute atomic E-state index is 4.33. The van der Waals surface area contributed by atoms with Crippen LogP contribution in [0, 0.1) is 5.92 Å². The van der Waals surface area contributed by atoms with Crippen molar-refractivity contribution in [1.29, 1.82) is 0 Å². The highest BCUT2D eigenvalue weighted by Crippen LogP contribution is 2.21. The number of aromatic nitrogens is 2. The number of hydrogen-bond acceptors (Lipinski definition) is 1. The van der Waals surface area contributed by atoms with Crippen molar-refractivity contribution in [3.8, 4) is 0 Å². The van der Waals surface area contributed by atoms with Crippen LogP contribution in [0.2, 0.25) is 0 Å². The highest BCUT2D eigenvalue weighted by Gasteiger charge is 2.13. The zero-order chi connectivity index (χ0) is 10.6. The molecule has 0 spiro atoms. The van der Waals surface area contributed by atoms with Crippen LogP contribution in [-0.4, -0.2) is 14.4 Å². The van der Waals surface area contributed by atoms with Crippen LogP contribution in [0.4, 0.5) is 0 Å². The van der Waals surface area contributed by atoms with Gasteiger partial charge in [0.25, 0.3) is 0 Å². The molecule has 0 fully saturated rings. The van der Waals surface area contributed by atoms with Crippen molar-refractivity contribution < 1.29 is 0 Å². The van der Waals surface area contributed by atoms with Gasteiger partial charge in [0.05, 0.1) is 0 Å². The van der Waals surface area contributed by atoms with Crippen molar-refractivity contribution >= 4 is 15.9 Å². The van der Waals surface area contributed by atoms with Crippen LogP contribution in [0.3, 0.4) is 0 Å². The Balaban J connectivity index is 2.43. The number of nitrogens with zero attached hydrogens (tertiary/aromatic N) is 2. The van der Waals surface area contributed by atoms with Crippen molar-refractivity contribution in [2.75, 3.05) is 0 Å². The van der Waals surface area contributed by atoms with E-state index in [1.165, 1.54) is 18.7 Å². The van der Waals surface area contributed by atoms with Gasteiger partial charge >= 0.3 is 0 Å². The summed E-state index contributed by atoms with van der Waals surface area (Å²) in [6.07, 6.45) is 7.41. The number of halogens is 1. The molecule has 3 heteroatoms. The van der Waals surface area contributed by atoms with Crippen LogP contribution < -0.4 is 0 Å².